The number of carbonyl (C=O) groups excluding carboxylic acids is 2. The third-order valence-corrected chi connectivity index (χ3v) is 4.78. The van der Waals surface area contributed by atoms with E-state index in [1.54, 1.807) is 11.8 Å². The third kappa shape index (κ3) is 5.26. The molecule has 0 radical (unpaired) electrons. The molecule has 3 rings (SSSR count). The highest BCUT2D eigenvalue weighted by molar-refractivity contribution is 5.81. The Labute approximate surface area is 175 Å². The third-order valence-electron chi connectivity index (χ3n) is 4.78. The Morgan fingerprint density at radius 2 is 1.73 bits per heavy atom. The minimum absolute atomic E-state index is 0.0657. The first-order valence-electron chi connectivity index (χ1n) is 9.63. The Morgan fingerprint density at radius 1 is 1.03 bits per heavy atom. The van der Waals surface area contributed by atoms with Gasteiger partial charge in [0, 0.05) is 17.8 Å². The average molecular weight is 407 g/mol. The lowest BCUT2D eigenvalue weighted by Crippen LogP contribution is -2.28. The van der Waals surface area contributed by atoms with Gasteiger partial charge in [-0.3, -0.25) is 9.59 Å². The number of hydrogen-bond acceptors (Lipinski definition) is 5. The zero-order valence-electron chi connectivity index (χ0n) is 17.3. The van der Waals surface area contributed by atoms with Crippen molar-refractivity contribution < 1.29 is 19.1 Å². The van der Waals surface area contributed by atoms with Crippen LogP contribution in [0.25, 0.3) is 5.69 Å². The van der Waals surface area contributed by atoms with E-state index in [0.717, 1.165) is 34.0 Å². The SMILES string of the molecule is COc1ccc(CNC(=O)COC(=O)Cc2c(C)nn(-c3ccccc3)c2C)cc1. The number of amides is 1. The molecule has 156 valence electrons. The molecule has 1 N–H and O–H groups in total. The van der Waals surface area contributed by atoms with E-state index < -0.39 is 5.97 Å². The maximum atomic E-state index is 12.3. The highest BCUT2D eigenvalue weighted by Gasteiger charge is 2.17. The van der Waals surface area contributed by atoms with Crippen LogP contribution in [0, 0.1) is 13.8 Å². The van der Waals surface area contributed by atoms with Crippen molar-refractivity contribution in [2.24, 2.45) is 0 Å². The van der Waals surface area contributed by atoms with Gasteiger partial charge in [-0.1, -0.05) is 30.3 Å². The van der Waals surface area contributed by atoms with E-state index in [-0.39, 0.29) is 18.9 Å². The summed E-state index contributed by atoms with van der Waals surface area (Å²) in [6.45, 7) is 3.80. The molecule has 1 amide bonds. The number of benzene rings is 2. The molecule has 1 aromatic heterocycles. The van der Waals surface area contributed by atoms with Crippen molar-refractivity contribution in [3.63, 3.8) is 0 Å². The fourth-order valence-corrected chi connectivity index (χ4v) is 3.09. The zero-order valence-corrected chi connectivity index (χ0v) is 17.3. The molecule has 3 aromatic rings. The molecule has 7 nitrogen and oxygen atoms in total. The molecule has 0 bridgehead atoms. The van der Waals surface area contributed by atoms with Crippen LogP contribution in [0.5, 0.6) is 5.75 Å². The Bertz CT molecular complexity index is 1010. The van der Waals surface area contributed by atoms with Crippen LogP contribution in [0.15, 0.2) is 54.6 Å². The Kier molecular flexibility index (Phi) is 6.85. The molecule has 0 unspecified atom stereocenters. The van der Waals surface area contributed by atoms with E-state index in [2.05, 4.69) is 10.4 Å². The van der Waals surface area contributed by atoms with Crippen LogP contribution in [0.3, 0.4) is 0 Å². The first kappa shape index (κ1) is 21.1. The number of carbonyl (C=O) groups is 2. The quantitative estimate of drug-likeness (QED) is 0.581. The minimum atomic E-state index is -0.464. The standard InChI is InChI=1S/C23H25N3O4/c1-16-21(17(2)26(25-16)19-7-5-4-6-8-19)13-23(28)30-15-22(27)24-14-18-9-11-20(29-3)12-10-18/h4-12H,13-15H2,1-3H3,(H,24,27). The van der Waals surface area contributed by atoms with E-state index in [0.29, 0.717) is 6.54 Å². The highest BCUT2D eigenvalue weighted by Crippen LogP contribution is 2.18. The number of hydrogen-bond donors (Lipinski definition) is 1. The molecule has 0 aliphatic carbocycles. The summed E-state index contributed by atoms with van der Waals surface area (Å²) >= 11 is 0. The van der Waals surface area contributed by atoms with Gasteiger partial charge in [0.25, 0.3) is 5.91 Å². The maximum Gasteiger partial charge on any atom is 0.310 e. The van der Waals surface area contributed by atoms with Crippen molar-refractivity contribution in [2.75, 3.05) is 13.7 Å². The Balaban J connectivity index is 1.51. The number of esters is 1. The molecule has 0 spiro atoms. The van der Waals surface area contributed by atoms with Crippen LogP contribution in [-0.2, 0) is 27.3 Å². The van der Waals surface area contributed by atoms with Crippen molar-refractivity contribution in [1.29, 1.82) is 0 Å². The van der Waals surface area contributed by atoms with Gasteiger partial charge in [-0.15, -0.1) is 0 Å². The molecular formula is C23H25N3O4. The molecule has 30 heavy (non-hydrogen) atoms. The summed E-state index contributed by atoms with van der Waals surface area (Å²) in [5, 5.41) is 7.26. The Morgan fingerprint density at radius 3 is 2.40 bits per heavy atom. The van der Waals surface area contributed by atoms with Gasteiger partial charge in [0.2, 0.25) is 0 Å². The van der Waals surface area contributed by atoms with Gasteiger partial charge in [0.1, 0.15) is 5.75 Å². The zero-order chi connectivity index (χ0) is 21.5. The Hall–Kier alpha value is -3.61. The molecule has 0 saturated carbocycles. The highest BCUT2D eigenvalue weighted by atomic mass is 16.5. The predicted octanol–water partition coefficient (Wildman–Crippen LogP) is 2.90. The maximum absolute atomic E-state index is 12.3. The van der Waals surface area contributed by atoms with Crippen molar-refractivity contribution in [3.05, 3.63) is 77.1 Å². The number of nitrogens with zero attached hydrogens (tertiary/aromatic N) is 2. The summed E-state index contributed by atoms with van der Waals surface area (Å²) in [4.78, 5) is 24.2. The number of methoxy groups -OCH3 is 1. The monoisotopic (exact) mass is 407 g/mol. The summed E-state index contributed by atoms with van der Waals surface area (Å²) in [5.41, 5.74) is 4.30. The van der Waals surface area contributed by atoms with E-state index in [1.807, 2.05) is 68.4 Å². The number of aromatic nitrogens is 2. The molecule has 0 aliphatic rings. The van der Waals surface area contributed by atoms with Gasteiger partial charge >= 0.3 is 5.97 Å². The predicted molar refractivity (Wildman–Crippen MR) is 113 cm³/mol. The van der Waals surface area contributed by atoms with Crippen LogP contribution in [0.1, 0.15) is 22.5 Å². The second-order valence-corrected chi connectivity index (χ2v) is 6.86. The number of rotatable bonds is 8. The molecular weight excluding hydrogens is 382 g/mol. The van der Waals surface area contributed by atoms with E-state index in [4.69, 9.17) is 9.47 Å². The van der Waals surface area contributed by atoms with Crippen LogP contribution in [0.2, 0.25) is 0 Å². The lowest BCUT2D eigenvalue weighted by molar-refractivity contribution is -0.147. The molecule has 7 heteroatoms. The molecule has 0 aliphatic heterocycles. The van der Waals surface area contributed by atoms with Crippen LogP contribution in [0.4, 0.5) is 0 Å². The van der Waals surface area contributed by atoms with Gasteiger partial charge in [0.05, 0.1) is 24.9 Å². The lowest BCUT2D eigenvalue weighted by Gasteiger charge is -2.08. The lowest BCUT2D eigenvalue weighted by atomic mass is 10.1. The second-order valence-electron chi connectivity index (χ2n) is 6.86. The number of aryl methyl sites for hydroxylation is 1. The summed E-state index contributed by atoms with van der Waals surface area (Å²) in [6.07, 6.45) is 0.0657. The molecule has 0 saturated heterocycles. The van der Waals surface area contributed by atoms with Crippen LogP contribution < -0.4 is 10.1 Å². The van der Waals surface area contributed by atoms with E-state index in [9.17, 15) is 9.59 Å². The van der Waals surface area contributed by atoms with Crippen LogP contribution in [-0.4, -0.2) is 35.4 Å². The smallest absolute Gasteiger partial charge is 0.310 e. The topological polar surface area (TPSA) is 82.4 Å². The first-order chi connectivity index (χ1) is 14.5. The van der Waals surface area contributed by atoms with Gasteiger partial charge in [0.15, 0.2) is 6.61 Å². The largest absolute Gasteiger partial charge is 0.497 e. The fraction of sp³-hybridized carbons (Fsp3) is 0.261. The second kappa shape index (κ2) is 9.73. The van der Waals surface area contributed by atoms with Crippen molar-refractivity contribution in [1.82, 2.24) is 15.1 Å². The average Bonchev–Trinajstić information content (AvgIpc) is 3.05. The van der Waals surface area contributed by atoms with E-state index in [1.165, 1.54) is 0 Å². The molecule has 0 atom stereocenters. The van der Waals surface area contributed by atoms with Gasteiger partial charge < -0.3 is 14.8 Å². The fourth-order valence-electron chi connectivity index (χ4n) is 3.09. The molecule has 2 aromatic carbocycles. The molecule has 1 heterocycles. The number of ether oxygens (including phenoxy) is 2. The first-order valence-corrected chi connectivity index (χ1v) is 9.63. The number of para-hydroxylation sites is 1. The number of nitrogens with one attached hydrogen (secondary N) is 1. The van der Waals surface area contributed by atoms with Crippen molar-refractivity contribution in [3.8, 4) is 11.4 Å². The summed E-state index contributed by atoms with van der Waals surface area (Å²) in [6, 6.07) is 17.1. The summed E-state index contributed by atoms with van der Waals surface area (Å²) in [7, 11) is 1.60. The van der Waals surface area contributed by atoms with E-state index >= 15 is 0 Å². The molecule has 0 fully saturated rings. The summed E-state index contributed by atoms with van der Waals surface area (Å²) < 4.78 is 12.1. The van der Waals surface area contributed by atoms with Crippen molar-refractivity contribution >= 4 is 11.9 Å². The van der Waals surface area contributed by atoms with Gasteiger partial charge in [-0.25, -0.2) is 4.68 Å². The van der Waals surface area contributed by atoms with Gasteiger partial charge in [-0.05, 0) is 43.7 Å². The minimum Gasteiger partial charge on any atom is -0.497 e. The van der Waals surface area contributed by atoms with Crippen LogP contribution >= 0.6 is 0 Å². The van der Waals surface area contributed by atoms with Crippen molar-refractivity contribution in [2.45, 2.75) is 26.8 Å². The normalized spacial score (nSPS) is 10.5. The summed E-state index contributed by atoms with van der Waals surface area (Å²) in [5.74, 6) is -0.0683. The van der Waals surface area contributed by atoms with Gasteiger partial charge in [-0.2, -0.15) is 5.10 Å².